The Morgan fingerprint density at radius 3 is 1.73 bits per heavy atom. The minimum atomic E-state index is -6.00. The van der Waals surface area contributed by atoms with E-state index in [1.807, 2.05) is 0 Å². The maximum absolute atomic E-state index is 9.75. The van der Waals surface area contributed by atoms with E-state index in [9.17, 15) is 34.5 Å². The fraction of sp³-hybridized carbons (Fsp3) is 1.00. The normalized spacial score (nSPS) is 21.9. The highest BCUT2D eigenvalue weighted by molar-refractivity contribution is 6.50. The zero-order valence-electron chi connectivity index (χ0n) is 21.8. The molecule has 2 aliphatic heterocycles. The van der Waals surface area contributed by atoms with Gasteiger partial charge in [0.25, 0.3) is 0 Å². The second-order valence-corrected chi connectivity index (χ2v) is 8.61. The molecule has 0 aromatic rings. The van der Waals surface area contributed by atoms with Gasteiger partial charge < -0.3 is 67.6 Å². The number of morpholine rings is 2. The Morgan fingerprint density at radius 2 is 1.24 bits per heavy atom. The van der Waals surface area contributed by atoms with Crippen molar-refractivity contribution in [1.82, 2.24) is 0 Å². The van der Waals surface area contributed by atoms with Crippen molar-refractivity contribution in [3.8, 4) is 0 Å². The van der Waals surface area contributed by atoms with Crippen molar-refractivity contribution in [2.45, 2.75) is 26.4 Å². The maximum atomic E-state index is 9.75. The fourth-order valence-electron chi connectivity index (χ4n) is 3.80. The molecule has 0 aliphatic carbocycles. The summed E-state index contributed by atoms with van der Waals surface area (Å²) in [6, 6.07) is 0. The van der Waals surface area contributed by atoms with Crippen molar-refractivity contribution < 1.29 is 67.6 Å². The third-order valence-electron chi connectivity index (χ3n) is 5.95. The summed E-state index contributed by atoms with van der Waals surface area (Å²) in [7, 11) is -12.0. The largest absolute Gasteiger partial charge is 0.673 e. The minimum Gasteiger partial charge on any atom is -0.418 e. The van der Waals surface area contributed by atoms with Gasteiger partial charge in [0.2, 0.25) is 0 Å². The number of ether oxygens (including phenoxy) is 5. The molecule has 0 aromatic heterocycles. The van der Waals surface area contributed by atoms with Gasteiger partial charge in [-0.05, 0) is 13.8 Å². The molecular weight excluding hydrogens is 522 g/mol. The molecule has 0 saturated carbocycles. The van der Waals surface area contributed by atoms with E-state index in [1.54, 1.807) is 4.90 Å². The number of nitrogens with one attached hydrogen (secondary N) is 1. The average molecular weight is 564 g/mol. The molecule has 17 heteroatoms. The Hall–Kier alpha value is -0.710. The number of likely N-dealkylation sites (N-methyl/N-ethyl adjacent to an activating group) is 2. The first kappa shape index (κ1) is 36.3. The number of nitrogens with zero attached hydrogens (tertiary/aromatic N) is 1. The van der Waals surface area contributed by atoms with Crippen LogP contribution in [-0.2, 0) is 23.7 Å². The summed E-state index contributed by atoms with van der Waals surface area (Å²) in [5.74, 6) is 0. The summed E-state index contributed by atoms with van der Waals surface area (Å²) in [6.07, 6.45) is 1.33. The number of halogens is 8. The van der Waals surface area contributed by atoms with Gasteiger partial charge in [-0.15, -0.1) is 0 Å². The van der Waals surface area contributed by atoms with Gasteiger partial charge in [-0.1, -0.05) is 0 Å². The molecule has 2 rings (SSSR count). The highest BCUT2D eigenvalue weighted by Crippen LogP contribution is 2.10. The van der Waals surface area contributed by atoms with Crippen LogP contribution in [-0.4, -0.2) is 130 Å². The molecule has 2 fully saturated rings. The van der Waals surface area contributed by atoms with E-state index >= 15 is 0 Å². The van der Waals surface area contributed by atoms with Gasteiger partial charge in [0, 0.05) is 13.0 Å². The van der Waals surface area contributed by atoms with Gasteiger partial charge in [0.1, 0.15) is 38.8 Å². The van der Waals surface area contributed by atoms with Crippen molar-refractivity contribution >= 4 is 14.5 Å². The van der Waals surface area contributed by atoms with Crippen LogP contribution in [0.3, 0.4) is 0 Å². The molecule has 2 heterocycles. The number of rotatable bonds is 14. The van der Waals surface area contributed by atoms with Crippen LogP contribution in [0.1, 0.15) is 20.3 Å². The van der Waals surface area contributed by atoms with E-state index in [4.69, 9.17) is 23.7 Å². The van der Waals surface area contributed by atoms with E-state index in [0.717, 1.165) is 83.2 Å². The SMILES string of the molecule is CC[NH+]1CCOC(CCOCCOCCOCC[N+]2(CC)CCOCC2)C1.F[B-](F)(F)F.F[B-](F)(F)F. The van der Waals surface area contributed by atoms with Crippen LogP contribution in [0.4, 0.5) is 34.5 Å². The third kappa shape index (κ3) is 25.3. The molecule has 7 nitrogen and oxygen atoms in total. The van der Waals surface area contributed by atoms with Gasteiger partial charge in [0.15, 0.2) is 0 Å². The van der Waals surface area contributed by atoms with E-state index in [2.05, 4.69) is 13.8 Å². The molecule has 2 saturated heterocycles. The lowest BCUT2D eigenvalue weighted by Gasteiger charge is -2.40. The van der Waals surface area contributed by atoms with Crippen LogP contribution in [0.5, 0.6) is 0 Å². The molecule has 0 spiro atoms. The van der Waals surface area contributed by atoms with Crippen molar-refractivity contribution in [2.24, 2.45) is 0 Å². The maximum Gasteiger partial charge on any atom is 0.673 e. The Balaban J connectivity index is 0.00000110. The highest BCUT2D eigenvalue weighted by Gasteiger charge is 2.28. The van der Waals surface area contributed by atoms with Crippen LogP contribution in [0.25, 0.3) is 0 Å². The van der Waals surface area contributed by atoms with Crippen molar-refractivity contribution in [3.63, 3.8) is 0 Å². The summed E-state index contributed by atoms with van der Waals surface area (Å²) in [4.78, 5) is 1.63. The Morgan fingerprint density at radius 1 is 0.757 bits per heavy atom. The quantitative estimate of drug-likeness (QED) is 0.152. The number of quaternary nitrogens is 2. The first-order valence-corrected chi connectivity index (χ1v) is 12.6. The second-order valence-electron chi connectivity index (χ2n) is 8.61. The van der Waals surface area contributed by atoms with Crippen molar-refractivity contribution in [2.75, 3.05) is 105 Å². The van der Waals surface area contributed by atoms with E-state index in [0.29, 0.717) is 32.5 Å². The zero-order chi connectivity index (χ0) is 28.2. The molecule has 224 valence electrons. The van der Waals surface area contributed by atoms with E-state index < -0.39 is 14.5 Å². The predicted molar refractivity (Wildman–Crippen MR) is 125 cm³/mol. The topological polar surface area (TPSA) is 50.6 Å². The van der Waals surface area contributed by atoms with Crippen LogP contribution in [0, 0.1) is 0 Å². The highest BCUT2D eigenvalue weighted by atomic mass is 19.5. The predicted octanol–water partition coefficient (Wildman–Crippen LogP) is 2.20. The van der Waals surface area contributed by atoms with Gasteiger partial charge in [-0.2, -0.15) is 0 Å². The monoisotopic (exact) mass is 564 g/mol. The van der Waals surface area contributed by atoms with Crippen LogP contribution < -0.4 is 4.90 Å². The Labute approximate surface area is 214 Å². The van der Waals surface area contributed by atoms with Crippen LogP contribution >= 0.6 is 0 Å². The molecule has 2 aliphatic rings. The average Bonchev–Trinajstić information content (AvgIpc) is 2.81. The van der Waals surface area contributed by atoms with E-state index in [-0.39, 0.29) is 0 Å². The molecule has 0 radical (unpaired) electrons. The lowest BCUT2D eigenvalue weighted by Crippen LogP contribution is -3.14. The van der Waals surface area contributed by atoms with Gasteiger partial charge in [0.05, 0.1) is 65.9 Å². The lowest BCUT2D eigenvalue weighted by atomic mass is 10.2. The summed E-state index contributed by atoms with van der Waals surface area (Å²) in [5.41, 5.74) is 0. The molecule has 0 amide bonds. The lowest BCUT2D eigenvalue weighted by molar-refractivity contribution is -0.933. The fourth-order valence-corrected chi connectivity index (χ4v) is 3.80. The molecular formula is C20H42B2F8N2O5. The Kier molecular flexibility index (Phi) is 19.8. The zero-order valence-corrected chi connectivity index (χ0v) is 21.8. The smallest absolute Gasteiger partial charge is 0.418 e. The van der Waals surface area contributed by atoms with Crippen molar-refractivity contribution in [1.29, 1.82) is 0 Å². The molecule has 37 heavy (non-hydrogen) atoms. The molecule has 0 bridgehead atoms. The molecule has 0 aromatic carbocycles. The van der Waals surface area contributed by atoms with Gasteiger partial charge in [-0.25, -0.2) is 0 Å². The third-order valence-corrected chi connectivity index (χ3v) is 5.95. The molecule has 2 unspecified atom stereocenters. The first-order valence-electron chi connectivity index (χ1n) is 12.6. The first-order chi connectivity index (χ1) is 17.3. The van der Waals surface area contributed by atoms with Crippen LogP contribution in [0.2, 0.25) is 0 Å². The summed E-state index contributed by atoms with van der Waals surface area (Å²) < 4.78 is 107. The molecule has 2 atom stereocenters. The van der Waals surface area contributed by atoms with Gasteiger partial charge in [-0.3, -0.25) is 0 Å². The second kappa shape index (κ2) is 20.2. The molecule has 1 N–H and O–H groups in total. The Bertz CT molecular complexity index is 524. The summed E-state index contributed by atoms with van der Waals surface area (Å²) >= 11 is 0. The summed E-state index contributed by atoms with van der Waals surface area (Å²) in [6.45, 7) is 19.1. The standard InChI is InChI=1S/C20H41N2O5.2BF4/c1-3-21-6-11-27-20(19-21)5-10-23-15-17-26-18-16-25-14-9-22(4-2)7-12-24-13-8-22;2*2-1(3,4)5/h20H,3-19H2,1-2H3;;/q+1;2*-1/p+1. The van der Waals surface area contributed by atoms with Gasteiger partial charge >= 0.3 is 14.5 Å². The van der Waals surface area contributed by atoms with Crippen LogP contribution in [0.15, 0.2) is 0 Å². The van der Waals surface area contributed by atoms with Crippen molar-refractivity contribution in [3.05, 3.63) is 0 Å². The minimum absolute atomic E-state index is 0.351. The number of hydrogen-bond donors (Lipinski definition) is 1. The number of hydrogen-bond acceptors (Lipinski definition) is 5. The summed E-state index contributed by atoms with van der Waals surface area (Å²) in [5, 5.41) is 0. The van der Waals surface area contributed by atoms with E-state index in [1.165, 1.54) is 6.54 Å².